The van der Waals surface area contributed by atoms with E-state index in [1.807, 2.05) is 39.0 Å². The second-order valence-corrected chi connectivity index (χ2v) is 11.3. The molecule has 0 fully saturated rings. The summed E-state index contributed by atoms with van der Waals surface area (Å²) >= 11 is 6.68. The van der Waals surface area contributed by atoms with Gasteiger partial charge < -0.3 is 5.11 Å². The third-order valence-corrected chi connectivity index (χ3v) is 6.94. The van der Waals surface area contributed by atoms with E-state index in [0.29, 0.717) is 5.02 Å². The van der Waals surface area contributed by atoms with E-state index in [4.69, 9.17) is 16.7 Å². The van der Waals surface area contributed by atoms with Crippen LogP contribution in [0.15, 0.2) is 48.2 Å². The smallest absolute Gasteiger partial charge is 0.335 e. The van der Waals surface area contributed by atoms with Crippen LogP contribution in [-0.2, 0) is 16.6 Å². The zero-order valence-electron chi connectivity index (χ0n) is 20.7. The van der Waals surface area contributed by atoms with Gasteiger partial charge in [-0.05, 0) is 65.1 Å². The Kier molecular flexibility index (Phi) is 7.28. The van der Waals surface area contributed by atoms with Crippen molar-refractivity contribution < 1.29 is 19.1 Å². The summed E-state index contributed by atoms with van der Waals surface area (Å²) in [5.41, 5.74) is 2.52. The molecule has 0 radical (unpaired) electrons. The Morgan fingerprint density at radius 2 is 1.88 bits per heavy atom. The number of anilines is 1. The predicted molar refractivity (Wildman–Crippen MR) is 135 cm³/mol. The monoisotopic (exact) mass is 485 g/mol. The average molecular weight is 486 g/mol. The Bertz CT molecular complexity index is 1150. The second kappa shape index (κ2) is 9.53. The molecule has 0 unspecified atom stereocenters. The van der Waals surface area contributed by atoms with Gasteiger partial charge in [-0.25, -0.2) is 9.18 Å². The normalized spacial score (nSPS) is 18.9. The molecule has 0 spiro atoms. The molecule has 1 amide bonds. The van der Waals surface area contributed by atoms with Crippen molar-refractivity contribution >= 4 is 29.2 Å². The molecule has 1 heterocycles. The van der Waals surface area contributed by atoms with E-state index in [-0.39, 0.29) is 34.9 Å². The van der Waals surface area contributed by atoms with Gasteiger partial charge in [0, 0.05) is 23.1 Å². The van der Waals surface area contributed by atoms with Crippen LogP contribution in [0.25, 0.3) is 0 Å². The fraction of sp³-hybridized carbons (Fsp3) is 0.429. The lowest BCUT2D eigenvalue weighted by Gasteiger charge is -2.41. The van der Waals surface area contributed by atoms with Gasteiger partial charge in [0.1, 0.15) is 5.82 Å². The van der Waals surface area contributed by atoms with Gasteiger partial charge in [0.15, 0.2) is 0 Å². The number of hydrogen-bond donors (Lipinski definition) is 1. The van der Waals surface area contributed by atoms with Crippen molar-refractivity contribution in [2.24, 2.45) is 11.3 Å². The SMILES string of the molecule is CC(C)C1=CN(c2ccc(C(=O)O)cc2F)C(=O)C[C@@]1(C)c1ccc(CCC(C)(C)C)c(Cl)c1. The van der Waals surface area contributed by atoms with Crippen LogP contribution in [0.1, 0.15) is 75.9 Å². The minimum absolute atomic E-state index is 0.0470. The van der Waals surface area contributed by atoms with Gasteiger partial charge in [0.25, 0.3) is 0 Å². The lowest BCUT2D eigenvalue weighted by molar-refractivity contribution is -0.119. The maximum atomic E-state index is 14.8. The summed E-state index contributed by atoms with van der Waals surface area (Å²) in [7, 11) is 0. The van der Waals surface area contributed by atoms with Crippen LogP contribution in [0.3, 0.4) is 0 Å². The number of carboxylic acid groups (broad SMARTS) is 1. The number of carbonyl (C=O) groups is 2. The van der Waals surface area contributed by atoms with Gasteiger partial charge in [0.2, 0.25) is 5.91 Å². The zero-order valence-corrected chi connectivity index (χ0v) is 21.5. The Morgan fingerprint density at radius 3 is 2.41 bits per heavy atom. The molecule has 3 rings (SSSR count). The quantitative estimate of drug-likeness (QED) is 0.464. The van der Waals surface area contributed by atoms with Gasteiger partial charge in [-0.15, -0.1) is 0 Å². The largest absolute Gasteiger partial charge is 0.478 e. The molecule has 0 bridgehead atoms. The molecule has 0 aliphatic carbocycles. The van der Waals surface area contributed by atoms with E-state index < -0.39 is 17.2 Å². The van der Waals surface area contributed by atoms with E-state index in [9.17, 15) is 14.0 Å². The second-order valence-electron chi connectivity index (χ2n) is 10.8. The molecule has 1 atom stereocenters. The van der Waals surface area contributed by atoms with Crippen LogP contribution in [0.4, 0.5) is 10.1 Å². The van der Waals surface area contributed by atoms with Gasteiger partial charge in [-0.3, -0.25) is 9.69 Å². The molecule has 34 heavy (non-hydrogen) atoms. The molecular formula is C28H33ClFNO3. The zero-order chi connectivity index (χ0) is 25.4. The number of halogens is 2. The third-order valence-electron chi connectivity index (χ3n) is 6.59. The Balaban J connectivity index is 2.01. The summed E-state index contributed by atoms with van der Waals surface area (Å²) in [4.78, 5) is 25.7. The summed E-state index contributed by atoms with van der Waals surface area (Å²) in [6.07, 6.45) is 3.75. The minimum Gasteiger partial charge on any atom is -0.478 e. The van der Waals surface area contributed by atoms with E-state index in [1.165, 1.54) is 17.0 Å². The van der Waals surface area contributed by atoms with Crippen molar-refractivity contribution in [2.45, 2.75) is 66.2 Å². The van der Waals surface area contributed by atoms with Crippen LogP contribution in [0, 0.1) is 17.2 Å². The first-order valence-corrected chi connectivity index (χ1v) is 12.0. The van der Waals surface area contributed by atoms with Crippen molar-refractivity contribution in [1.82, 2.24) is 0 Å². The van der Waals surface area contributed by atoms with Crippen LogP contribution in [0.5, 0.6) is 0 Å². The molecule has 2 aromatic carbocycles. The van der Waals surface area contributed by atoms with Crippen molar-refractivity contribution in [3.63, 3.8) is 0 Å². The number of allylic oxidation sites excluding steroid dienone is 1. The van der Waals surface area contributed by atoms with E-state index >= 15 is 0 Å². The fourth-order valence-electron chi connectivity index (χ4n) is 4.54. The molecule has 2 aromatic rings. The number of aromatic carboxylic acids is 1. The number of aryl methyl sites for hydroxylation is 1. The number of hydrogen-bond acceptors (Lipinski definition) is 2. The standard InChI is InChI=1S/C28H33ClFNO3/c1-17(2)21-16-31(24-10-8-19(26(33)34)13-23(24)30)25(32)15-28(21,6)20-9-7-18(22(29)14-20)11-12-27(3,4)5/h7-10,13-14,16-17H,11-12,15H2,1-6H3,(H,33,34)/t28-/m0/s1. The van der Waals surface area contributed by atoms with Gasteiger partial charge >= 0.3 is 5.97 Å². The first-order valence-electron chi connectivity index (χ1n) is 11.6. The van der Waals surface area contributed by atoms with Crippen molar-refractivity contribution in [1.29, 1.82) is 0 Å². The van der Waals surface area contributed by atoms with Crippen molar-refractivity contribution in [2.75, 3.05) is 4.90 Å². The lowest BCUT2D eigenvalue weighted by atomic mass is 9.68. The van der Waals surface area contributed by atoms with Crippen LogP contribution in [0.2, 0.25) is 5.02 Å². The predicted octanol–water partition coefficient (Wildman–Crippen LogP) is 7.39. The number of rotatable bonds is 6. The Labute approximate surface area is 206 Å². The highest BCUT2D eigenvalue weighted by molar-refractivity contribution is 6.31. The summed E-state index contributed by atoms with van der Waals surface area (Å²) in [6, 6.07) is 9.65. The maximum Gasteiger partial charge on any atom is 0.335 e. The van der Waals surface area contributed by atoms with E-state index in [2.05, 4.69) is 20.8 Å². The van der Waals surface area contributed by atoms with Gasteiger partial charge in [0.05, 0.1) is 11.3 Å². The lowest BCUT2D eigenvalue weighted by Crippen LogP contribution is -2.42. The van der Waals surface area contributed by atoms with Crippen LogP contribution in [-0.4, -0.2) is 17.0 Å². The molecule has 1 N–H and O–H groups in total. The van der Waals surface area contributed by atoms with Gasteiger partial charge in [-0.2, -0.15) is 0 Å². The first kappa shape index (κ1) is 26.0. The van der Waals surface area contributed by atoms with Crippen molar-refractivity contribution in [3.05, 3.63) is 75.7 Å². The minimum atomic E-state index is -1.22. The Hall–Kier alpha value is -2.66. The maximum absolute atomic E-state index is 14.8. The van der Waals surface area contributed by atoms with E-state index in [1.54, 1.807) is 6.20 Å². The first-order chi connectivity index (χ1) is 15.7. The van der Waals surface area contributed by atoms with Crippen LogP contribution < -0.4 is 4.90 Å². The molecule has 1 aliphatic heterocycles. The number of benzene rings is 2. The van der Waals surface area contributed by atoms with Crippen molar-refractivity contribution in [3.8, 4) is 0 Å². The molecule has 0 aromatic heterocycles. The molecule has 0 saturated carbocycles. The fourth-order valence-corrected chi connectivity index (χ4v) is 4.82. The highest BCUT2D eigenvalue weighted by Crippen LogP contribution is 2.45. The summed E-state index contributed by atoms with van der Waals surface area (Å²) in [5.74, 6) is -2.14. The Morgan fingerprint density at radius 1 is 1.21 bits per heavy atom. The highest BCUT2D eigenvalue weighted by Gasteiger charge is 2.41. The highest BCUT2D eigenvalue weighted by atomic mass is 35.5. The molecule has 6 heteroatoms. The number of amides is 1. The molecular weight excluding hydrogens is 453 g/mol. The topological polar surface area (TPSA) is 57.6 Å². The molecule has 0 saturated heterocycles. The third kappa shape index (κ3) is 5.35. The number of carboxylic acids is 1. The van der Waals surface area contributed by atoms with Crippen LogP contribution >= 0.6 is 11.6 Å². The van der Waals surface area contributed by atoms with Gasteiger partial charge in [-0.1, -0.05) is 65.3 Å². The summed E-state index contributed by atoms with van der Waals surface area (Å²) in [5, 5.41) is 9.81. The average Bonchev–Trinajstić information content (AvgIpc) is 2.72. The molecule has 182 valence electrons. The summed E-state index contributed by atoms with van der Waals surface area (Å²) < 4.78 is 14.8. The number of carbonyl (C=O) groups excluding carboxylic acids is 1. The summed E-state index contributed by atoms with van der Waals surface area (Å²) in [6.45, 7) is 12.7. The number of nitrogens with zero attached hydrogens (tertiary/aromatic N) is 1. The molecule has 4 nitrogen and oxygen atoms in total. The molecule has 1 aliphatic rings. The van der Waals surface area contributed by atoms with E-state index in [0.717, 1.165) is 35.6 Å².